The Labute approximate surface area is 145 Å². The molecule has 6 aliphatic carbocycles. The molecule has 2 nitrogen and oxygen atoms in total. The molecule has 2 saturated heterocycles. The minimum atomic E-state index is 0.506. The predicted octanol–water partition coefficient (Wildman–Crippen LogP) is 3.60. The van der Waals surface area contributed by atoms with Gasteiger partial charge in [-0.15, -0.1) is 0 Å². The summed E-state index contributed by atoms with van der Waals surface area (Å²) in [4.78, 5) is 0. The predicted molar refractivity (Wildman–Crippen MR) is 89.1 cm³/mol. The van der Waals surface area contributed by atoms with Gasteiger partial charge < -0.3 is 9.47 Å². The Balaban J connectivity index is 1.43. The minimum Gasteiger partial charge on any atom is -0.377 e. The number of hydrogen-bond donors (Lipinski definition) is 0. The van der Waals surface area contributed by atoms with Gasteiger partial charge >= 0.3 is 0 Å². The van der Waals surface area contributed by atoms with Gasteiger partial charge in [-0.3, -0.25) is 0 Å². The summed E-state index contributed by atoms with van der Waals surface area (Å²) in [7, 11) is 0. The Kier molecular flexibility index (Phi) is 1.93. The van der Waals surface area contributed by atoms with Crippen molar-refractivity contribution in [3.63, 3.8) is 0 Å². The lowest BCUT2D eigenvalue weighted by molar-refractivity contribution is -0.143. The van der Waals surface area contributed by atoms with Crippen LogP contribution in [-0.4, -0.2) is 25.4 Å². The maximum absolute atomic E-state index is 6.62. The van der Waals surface area contributed by atoms with Crippen LogP contribution in [0.5, 0.6) is 0 Å². The molecule has 8 fully saturated rings. The summed E-state index contributed by atoms with van der Waals surface area (Å²) >= 11 is 0. The fourth-order valence-corrected chi connectivity index (χ4v) is 11.8. The fourth-order valence-electron chi connectivity index (χ4n) is 11.8. The van der Waals surface area contributed by atoms with Crippen molar-refractivity contribution in [3.05, 3.63) is 0 Å². The molecule has 0 bridgehead atoms. The van der Waals surface area contributed by atoms with Crippen LogP contribution in [0, 0.1) is 70.0 Å². The molecule has 0 radical (unpaired) electrons. The summed E-state index contributed by atoms with van der Waals surface area (Å²) in [6.07, 6.45) is 6.88. The molecule has 130 valence electrons. The minimum absolute atomic E-state index is 0.506. The first-order valence-electron chi connectivity index (χ1n) is 10.9. The molecular weight excluding hydrogens is 296 g/mol. The van der Waals surface area contributed by atoms with Gasteiger partial charge in [0.2, 0.25) is 0 Å². The third-order valence-electron chi connectivity index (χ3n) is 11.5. The van der Waals surface area contributed by atoms with Crippen LogP contribution in [-0.2, 0) is 9.47 Å². The number of hydrogen-bond acceptors (Lipinski definition) is 2. The highest BCUT2D eigenvalue weighted by Crippen LogP contribution is 2.86. The van der Waals surface area contributed by atoms with Crippen molar-refractivity contribution in [2.24, 2.45) is 70.0 Å². The first-order valence-corrected chi connectivity index (χ1v) is 10.9. The van der Waals surface area contributed by atoms with Crippen molar-refractivity contribution in [1.29, 1.82) is 0 Å². The average Bonchev–Trinajstić information content (AvgIpc) is 3.30. The second-order valence-corrected chi connectivity index (χ2v) is 11.6. The second-order valence-electron chi connectivity index (χ2n) is 11.6. The maximum Gasteiger partial charge on any atom is 0.0609 e. The van der Waals surface area contributed by atoms with Gasteiger partial charge in [-0.25, -0.2) is 0 Å². The molecule has 6 saturated carbocycles. The lowest BCUT2D eigenvalue weighted by Gasteiger charge is -2.49. The van der Waals surface area contributed by atoms with E-state index in [2.05, 4.69) is 13.8 Å². The van der Waals surface area contributed by atoms with E-state index in [0.29, 0.717) is 23.0 Å². The Hall–Kier alpha value is -0.0800. The van der Waals surface area contributed by atoms with Gasteiger partial charge in [0.15, 0.2) is 0 Å². The Morgan fingerprint density at radius 3 is 1.50 bits per heavy atom. The molecule has 0 aromatic rings. The van der Waals surface area contributed by atoms with Gasteiger partial charge in [0, 0.05) is 0 Å². The van der Waals surface area contributed by atoms with E-state index in [0.717, 1.165) is 72.4 Å². The summed E-state index contributed by atoms with van der Waals surface area (Å²) < 4.78 is 13.2. The zero-order valence-electron chi connectivity index (χ0n) is 15.0. The number of rotatable bonds is 0. The lowest BCUT2D eigenvalue weighted by atomic mass is 9.62. The van der Waals surface area contributed by atoms with Crippen molar-refractivity contribution in [2.45, 2.75) is 51.7 Å². The summed E-state index contributed by atoms with van der Waals surface area (Å²) in [6.45, 7) is 7.54. The Bertz CT molecular complexity index is 604. The van der Waals surface area contributed by atoms with Gasteiger partial charge in [0.05, 0.1) is 25.4 Å². The molecule has 0 aromatic heterocycles. The highest BCUT2D eigenvalue weighted by molar-refractivity contribution is 5.31. The molecule has 2 heterocycles. The van der Waals surface area contributed by atoms with Crippen molar-refractivity contribution in [2.75, 3.05) is 13.2 Å². The van der Waals surface area contributed by atoms with E-state index in [1.165, 1.54) is 25.7 Å². The third kappa shape index (κ3) is 1.00. The first-order chi connectivity index (χ1) is 11.6. The molecule has 8 rings (SSSR count). The Morgan fingerprint density at radius 2 is 1.04 bits per heavy atom. The van der Waals surface area contributed by atoms with E-state index in [-0.39, 0.29) is 0 Å². The van der Waals surface area contributed by atoms with Gasteiger partial charge in [0.25, 0.3) is 0 Å². The lowest BCUT2D eigenvalue weighted by Crippen LogP contribution is -2.50. The zero-order valence-corrected chi connectivity index (χ0v) is 15.0. The van der Waals surface area contributed by atoms with Crippen molar-refractivity contribution < 1.29 is 9.47 Å². The smallest absolute Gasteiger partial charge is 0.0609 e. The molecule has 0 aromatic carbocycles. The molecule has 0 amide bonds. The SMILES string of the molecule is C[C@@]12CO[C@@H]3CC[C@@H]4[C@@H]3[C@@H]1[C@H]1[C@@H]3[C@H]5[C@H]6[C@H](CC[C@@H]6OC[C@@]5(C)[C@@H]41)[C@H]32. The van der Waals surface area contributed by atoms with E-state index >= 15 is 0 Å². The van der Waals surface area contributed by atoms with Crippen LogP contribution in [0.15, 0.2) is 0 Å². The summed E-state index contributed by atoms with van der Waals surface area (Å²) in [5, 5.41) is 0. The molecule has 0 spiro atoms. The Morgan fingerprint density at radius 1 is 0.583 bits per heavy atom. The van der Waals surface area contributed by atoms with Gasteiger partial charge in [0.1, 0.15) is 0 Å². The molecule has 14 atom stereocenters. The average molecular weight is 326 g/mol. The fraction of sp³-hybridized carbons (Fsp3) is 1.00. The molecule has 0 unspecified atom stereocenters. The molecule has 0 N–H and O–H groups in total. The van der Waals surface area contributed by atoms with Crippen molar-refractivity contribution >= 4 is 0 Å². The maximum atomic E-state index is 6.62. The van der Waals surface area contributed by atoms with E-state index in [1.807, 2.05) is 0 Å². The third-order valence-corrected chi connectivity index (χ3v) is 11.5. The van der Waals surface area contributed by atoms with Crippen LogP contribution < -0.4 is 0 Å². The topological polar surface area (TPSA) is 18.5 Å². The zero-order chi connectivity index (χ0) is 15.6. The van der Waals surface area contributed by atoms with Crippen LogP contribution in [0.4, 0.5) is 0 Å². The van der Waals surface area contributed by atoms with Crippen molar-refractivity contribution in [3.8, 4) is 0 Å². The first kappa shape index (κ1) is 13.1. The van der Waals surface area contributed by atoms with E-state index in [9.17, 15) is 0 Å². The van der Waals surface area contributed by atoms with Crippen LogP contribution >= 0.6 is 0 Å². The number of ether oxygens (including phenoxy) is 2. The largest absolute Gasteiger partial charge is 0.377 e. The summed E-state index contributed by atoms with van der Waals surface area (Å²) in [5.74, 6) is 9.83. The normalized spacial score (nSPS) is 78.2. The molecule has 2 aliphatic heterocycles. The number of fused-ring (bicyclic) bond motifs is 4. The quantitative estimate of drug-likeness (QED) is 0.677. The summed E-state index contributed by atoms with van der Waals surface area (Å²) in [6, 6.07) is 0. The van der Waals surface area contributed by atoms with Crippen LogP contribution in [0.2, 0.25) is 0 Å². The highest BCUT2D eigenvalue weighted by Gasteiger charge is 2.84. The van der Waals surface area contributed by atoms with Crippen LogP contribution in [0.3, 0.4) is 0 Å². The van der Waals surface area contributed by atoms with Crippen molar-refractivity contribution in [1.82, 2.24) is 0 Å². The monoisotopic (exact) mass is 326 g/mol. The second kappa shape index (κ2) is 3.52. The molecular formula is C22H30O2. The highest BCUT2D eigenvalue weighted by atomic mass is 16.5. The molecule has 2 heteroatoms. The van der Waals surface area contributed by atoms with Gasteiger partial charge in [-0.1, -0.05) is 13.8 Å². The molecule has 8 aliphatic rings. The van der Waals surface area contributed by atoms with Crippen LogP contribution in [0.25, 0.3) is 0 Å². The molecule has 24 heavy (non-hydrogen) atoms. The standard InChI is InChI=1S/C22H30O2/c1-21-7-23-11-6-4-10-13(11)19(21)16-15-17(21)9-3-5-12-14(9)20(15)22(2,8-24-12)18(10)16/h9-20H,3-8H2,1-2H3/t9-,10+,11+,12-,13-,14-,15-,16-,17+,18-,19+,20+,21-,22-/m0/s1. The van der Waals surface area contributed by atoms with Crippen LogP contribution in [0.1, 0.15) is 39.5 Å². The van der Waals surface area contributed by atoms with E-state index in [1.54, 1.807) is 0 Å². The van der Waals surface area contributed by atoms with E-state index < -0.39 is 0 Å². The van der Waals surface area contributed by atoms with Gasteiger partial charge in [-0.2, -0.15) is 0 Å². The summed E-state index contributed by atoms with van der Waals surface area (Å²) in [5.41, 5.74) is 1.01. The van der Waals surface area contributed by atoms with Gasteiger partial charge in [-0.05, 0) is 95.7 Å². The van der Waals surface area contributed by atoms with E-state index in [4.69, 9.17) is 9.47 Å².